The number of methoxy groups -OCH3 is 1. The van der Waals surface area contributed by atoms with Crippen molar-refractivity contribution in [3.8, 4) is 5.75 Å². The minimum atomic E-state index is -0.284. The number of benzene rings is 1. The number of ether oxygens (including phenoxy) is 2. The Morgan fingerprint density at radius 2 is 1.52 bits per heavy atom. The summed E-state index contributed by atoms with van der Waals surface area (Å²) < 4.78 is 11.3. The fourth-order valence-electron chi connectivity index (χ4n) is 13.1. The van der Waals surface area contributed by atoms with Crippen molar-refractivity contribution in [1.82, 2.24) is 0 Å². The van der Waals surface area contributed by atoms with Crippen molar-refractivity contribution in [3.63, 3.8) is 0 Å². The molecule has 0 spiro atoms. The van der Waals surface area contributed by atoms with Gasteiger partial charge in [0.15, 0.2) is 0 Å². The van der Waals surface area contributed by atoms with Crippen molar-refractivity contribution in [3.05, 3.63) is 24.3 Å². The van der Waals surface area contributed by atoms with Crippen molar-refractivity contribution in [2.75, 3.05) is 12.4 Å². The molecule has 0 aromatic heterocycles. The molecule has 5 heteroatoms. The highest BCUT2D eigenvalue weighted by Gasteiger charge is 2.72. The third-order valence-electron chi connectivity index (χ3n) is 15.4. The van der Waals surface area contributed by atoms with Gasteiger partial charge in [-0.25, -0.2) is 0 Å². The molecule has 0 aliphatic heterocycles. The first-order valence-electron chi connectivity index (χ1n) is 17.8. The van der Waals surface area contributed by atoms with Gasteiger partial charge in [-0.05, 0) is 140 Å². The van der Waals surface area contributed by atoms with Gasteiger partial charge < -0.3 is 14.8 Å². The number of anilines is 1. The molecule has 244 valence electrons. The molecule has 5 aliphatic rings. The van der Waals surface area contributed by atoms with Gasteiger partial charge >= 0.3 is 5.97 Å². The number of esters is 1. The summed E-state index contributed by atoms with van der Waals surface area (Å²) in [6.45, 7) is 19.1. The number of amides is 1. The maximum Gasteiger partial charge on any atom is 0.302 e. The Hall–Kier alpha value is -2.04. The Morgan fingerprint density at radius 1 is 0.818 bits per heavy atom. The van der Waals surface area contributed by atoms with Gasteiger partial charge in [-0.2, -0.15) is 0 Å². The minimum absolute atomic E-state index is 0.0131. The fraction of sp³-hybridized carbons (Fsp3) is 0.795. The number of carbonyl (C=O) groups is 2. The van der Waals surface area contributed by atoms with Gasteiger partial charge in [0, 0.05) is 18.0 Å². The maximum atomic E-state index is 14.5. The third-order valence-corrected chi connectivity index (χ3v) is 15.4. The summed E-state index contributed by atoms with van der Waals surface area (Å²) in [5.74, 6) is 4.31. The zero-order valence-corrected chi connectivity index (χ0v) is 29.1. The molecular weight excluding hydrogens is 546 g/mol. The molecule has 1 N–H and O–H groups in total. The van der Waals surface area contributed by atoms with Gasteiger partial charge in [0.2, 0.25) is 5.91 Å². The third kappa shape index (κ3) is 4.43. The van der Waals surface area contributed by atoms with E-state index in [2.05, 4.69) is 53.8 Å². The molecule has 0 radical (unpaired) electrons. The topological polar surface area (TPSA) is 64.6 Å². The Bertz CT molecular complexity index is 1270. The van der Waals surface area contributed by atoms with Gasteiger partial charge in [-0.1, -0.05) is 48.5 Å². The Morgan fingerprint density at radius 3 is 2.16 bits per heavy atom. The van der Waals surface area contributed by atoms with Crippen molar-refractivity contribution in [2.45, 2.75) is 126 Å². The molecule has 1 amide bonds. The second kappa shape index (κ2) is 10.8. The monoisotopic (exact) mass is 605 g/mol. The van der Waals surface area contributed by atoms with Crippen LogP contribution in [0.3, 0.4) is 0 Å². The van der Waals surface area contributed by atoms with Crippen LogP contribution in [0.15, 0.2) is 24.3 Å². The number of fused-ring (bicyclic) bond motifs is 7. The summed E-state index contributed by atoms with van der Waals surface area (Å²) in [6, 6.07) is 7.84. The van der Waals surface area contributed by atoms with E-state index in [0.29, 0.717) is 35.5 Å². The first-order valence-corrected chi connectivity index (χ1v) is 17.8. The van der Waals surface area contributed by atoms with Crippen LogP contribution in [0.25, 0.3) is 0 Å². The lowest BCUT2D eigenvalue weighted by Gasteiger charge is -2.73. The maximum absolute atomic E-state index is 14.5. The number of hydrogen-bond donors (Lipinski definition) is 1. The summed E-state index contributed by atoms with van der Waals surface area (Å²) >= 11 is 0. The van der Waals surface area contributed by atoms with Gasteiger partial charge in [-0.3, -0.25) is 9.59 Å². The van der Waals surface area contributed by atoms with Crippen LogP contribution in [0.4, 0.5) is 5.69 Å². The molecule has 5 nitrogen and oxygen atoms in total. The number of rotatable bonds is 5. The van der Waals surface area contributed by atoms with E-state index in [1.165, 1.54) is 25.7 Å². The minimum Gasteiger partial charge on any atom is -0.497 e. The van der Waals surface area contributed by atoms with E-state index in [0.717, 1.165) is 50.0 Å². The smallest absolute Gasteiger partial charge is 0.302 e. The van der Waals surface area contributed by atoms with Gasteiger partial charge in [-0.15, -0.1) is 0 Å². The van der Waals surface area contributed by atoms with Gasteiger partial charge in [0.25, 0.3) is 0 Å². The normalized spacial score (nSPS) is 44.0. The van der Waals surface area contributed by atoms with E-state index in [4.69, 9.17) is 9.47 Å². The first kappa shape index (κ1) is 31.9. The zero-order valence-electron chi connectivity index (χ0n) is 29.1. The lowest BCUT2D eigenvalue weighted by atomic mass is 9.32. The fourth-order valence-corrected chi connectivity index (χ4v) is 13.1. The van der Waals surface area contributed by atoms with Crippen molar-refractivity contribution in [1.29, 1.82) is 0 Å². The van der Waals surface area contributed by atoms with Crippen LogP contribution < -0.4 is 10.1 Å². The molecule has 44 heavy (non-hydrogen) atoms. The molecule has 0 bridgehead atoms. The SMILES string of the molecule is COc1ccc(NC(=O)[C@]23CC[C@@H](C(C)C)C2[C@H]2CCC4[C@@]5(C)CCC(OC(C)=O)C(C)(C)C5CC[C@@]4(C)[C@]2(C)CC3)cc1. The average Bonchev–Trinajstić information content (AvgIpc) is 3.37. The zero-order chi connectivity index (χ0) is 31.9. The van der Waals surface area contributed by atoms with Gasteiger partial charge in [0.1, 0.15) is 11.9 Å². The highest BCUT2D eigenvalue weighted by Crippen LogP contribution is 2.77. The number of nitrogens with one attached hydrogen (secondary N) is 1. The second-order valence-corrected chi connectivity index (χ2v) is 17.4. The molecule has 1 aromatic rings. The molecule has 10 atom stereocenters. The molecule has 6 rings (SSSR count). The average molecular weight is 606 g/mol. The number of carbonyl (C=O) groups excluding carboxylic acids is 2. The van der Waals surface area contributed by atoms with E-state index >= 15 is 0 Å². The second-order valence-electron chi connectivity index (χ2n) is 17.4. The van der Waals surface area contributed by atoms with Crippen LogP contribution in [-0.2, 0) is 14.3 Å². The summed E-state index contributed by atoms with van der Waals surface area (Å²) in [5, 5.41) is 3.40. The van der Waals surface area contributed by atoms with E-state index in [1.807, 2.05) is 24.3 Å². The van der Waals surface area contributed by atoms with Crippen LogP contribution in [0.5, 0.6) is 5.75 Å². The molecule has 4 unspecified atom stereocenters. The lowest BCUT2D eigenvalue weighted by Crippen LogP contribution is -2.67. The molecule has 0 heterocycles. The molecule has 5 saturated carbocycles. The van der Waals surface area contributed by atoms with E-state index in [9.17, 15) is 9.59 Å². The van der Waals surface area contributed by atoms with Crippen LogP contribution in [-0.4, -0.2) is 25.1 Å². The molecular formula is C39H59NO4. The van der Waals surface area contributed by atoms with E-state index in [1.54, 1.807) is 14.0 Å². The predicted molar refractivity (Wildman–Crippen MR) is 176 cm³/mol. The summed E-state index contributed by atoms with van der Waals surface area (Å²) in [5.41, 5.74) is 1.27. The Balaban J connectivity index is 1.32. The molecule has 5 fully saturated rings. The van der Waals surface area contributed by atoms with Crippen molar-refractivity contribution in [2.24, 2.45) is 62.6 Å². The lowest BCUT2D eigenvalue weighted by molar-refractivity contribution is -0.249. The van der Waals surface area contributed by atoms with Crippen LogP contribution in [0.1, 0.15) is 120 Å². The van der Waals surface area contributed by atoms with Gasteiger partial charge in [0.05, 0.1) is 12.5 Å². The molecule has 0 saturated heterocycles. The van der Waals surface area contributed by atoms with Crippen molar-refractivity contribution >= 4 is 17.6 Å². The van der Waals surface area contributed by atoms with E-state index in [-0.39, 0.29) is 45.1 Å². The molecule has 1 aromatic carbocycles. The first-order chi connectivity index (χ1) is 20.6. The summed E-state index contributed by atoms with van der Waals surface area (Å²) in [7, 11) is 1.68. The number of hydrogen-bond acceptors (Lipinski definition) is 4. The summed E-state index contributed by atoms with van der Waals surface area (Å²) in [4.78, 5) is 26.5. The Labute approximate surface area is 267 Å². The predicted octanol–water partition coefficient (Wildman–Crippen LogP) is 9.30. The highest BCUT2D eigenvalue weighted by atomic mass is 16.5. The van der Waals surface area contributed by atoms with E-state index < -0.39 is 0 Å². The molecule has 5 aliphatic carbocycles. The van der Waals surface area contributed by atoms with Crippen LogP contribution in [0, 0.1) is 62.6 Å². The standard InChI is InChI=1S/C39H59NO4/c1-24(2)28-16-21-39(34(42)40-26-10-12-27(43-9)13-11-26)23-22-37(7)29(33(28)39)14-15-31-36(6)19-18-32(44-25(3)41)35(4,5)30(36)17-20-38(31,37)8/h10-13,24,28-33H,14-23H2,1-9H3,(H,40,42)/t28-,29+,30?,31?,32?,33?,36-,37+,38+,39-/m0/s1. The quantitative estimate of drug-likeness (QED) is 0.340. The Kier molecular flexibility index (Phi) is 7.81. The largest absolute Gasteiger partial charge is 0.497 e. The van der Waals surface area contributed by atoms with Crippen LogP contribution >= 0.6 is 0 Å². The highest BCUT2D eigenvalue weighted by molar-refractivity contribution is 5.96. The van der Waals surface area contributed by atoms with Crippen molar-refractivity contribution < 1.29 is 19.1 Å². The summed E-state index contributed by atoms with van der Waals surface area (Å²) in [6.07, 6.45) is 11.4. The van der Waals surface area contributed by atoms with Crippen LogP contribution in [0.2, 0.25) is 0 Å².